The lowest BCUT2D eigenvalue weighted by Crippen LogP contribution is -2.45. The lowest BCUT2D eigenvalue weighted by atomic mass is 10.2. The van der Waals surface area contributed by atoms with Crippen LogP contribution in [-0.4, -0.2) is 56.2 Å². The summed E-state index contributed by atoms with van der Waals surface area (Å²) in [6.45, 7) is 7.21. The number of hydrogen-bond acceptors (Lipinski definition) is 3. The summed E-state index contributed by atoms with van der Waals surface area (Å²) < 4.78 is 6.87. The molecule has 1 saturated heterocycles. The molecule has 3 nitrogen and oxygen atoms in total. The molecule has 18 heavy (non-hydrogen) atoms. The standard InChI is InChI=1S/C14H21BrN2O/c1-16-6-8-17(9-7-16)10-11-18-12-13-4-2-3-5-14(13)15/h2-5H,6-12H2,1H3. The fourth-order valence-electron chi connectivity index (χ4n) is 2.06. The van der Waals surface area contributed by atoms with Gasteiger partial charge < -0.3 is 9.64 Å². The molecule has 1 aromatic rings. The van der Waals surface area contributed by atoms with E-state index in [-0.39, 0.29) is 0 Å². The molecule has 1 aliphatic heterocycles. The van der Waals surface area contributed by atoms with Gasteiger partial charge in [0, 0.05) is 37.2 Å². The first-order chi connectivity index (χ1) is 8.75. The fraction of sp³-hybridized carbons (Fsp3) is 0.571. The summed E-state index contributed by atoms with van der Waals surface area (Å²) in [7, 11) is 2.18. The number of nitrogens with zero attached hydrogens (tertiary/aromatic N) is 2. The Kier molecular flexibility index (Phi) is 5.63. The van der Waals surface area contributed by atoms with E-state index < -0.39 is 0 Å². The van der Waals surface area contributed by atoms with Crippen LogP contribution in [0.4, 0.5) is 0 Å². The fourth-order valence-corrected chi connectivity index (χ4v) is 2.46. The number of benzene rings is 1. The molecule has 0 amide bonds. The van der Waals surface area contributed by atoms with Crippen LogP contribution in [0, 0.1) is 0 Å². The molecular weight excluding hydrogens is 292 g/mol. The van der Waals surface area contributed by atoms with Crippen molar-refractivity contribution in [3.05, 3.63) is 34.3 Å². The highest BCUT2D eigenvalue weighted by Crippen LogP contribution is 2.16. The number of likely N-dealkylation sites (N-methyl/N-ethyl adjacent to an activating group) is 1. The van der Waals surface area contributed by atoms with Crippen LogP contribution in [0.3, 0.4) is 0 Å². The van der Waals surface area contributed by atoms with Crippen molar-refractivity contribution in [2.75, 3.05) is 46.4 Å². The van der Waals surface area contributed by atoms with E-state index in [1.165, 1.54) is 18.7 Å². The van der Waals surface area contributed by atoms with Gasteiger partial charge in [-0.2, -0.15) is 0 Å². The molecule has 1 heterocycles. The largest absolute Gasteiger partial charge is 0.375 e. The van der Waals surface area contributed by atoms with Crippen LogP contribution in [0.5, 0.6) is 0 Å². The van der Waals surface area contributed by atoms with Crippen LogP contribution in [0.25, 0.3) is 0 Å². The third-order valence-electron chi connectivity index (χ3n) is 3.36. The van der Waals surface area contributed by atoms with Gasteiger partial charge in [-0.15, -0.1) is 0 Å². The second-order valence-electron chi connectivity index (χ2n) is 4.79. The minimum Gasteiger partial charge on any atom is -0.375 e. The molecule has 4 heteroatoms. The van der Waals surface area contributed by atoms with E-state index in [4.69, 9.17) is 4.74 Å². The van der Waals surface area contributed by atoms with Crippen molar-refractivity contribution in [3.63, 3.8) is 0 Å². The molecule has 0 radical (unpaired) electrons. The van der Waals surface area contributed by atoms with E-state index in [2.05, 4.69) is 44.9 Å². The van der Waals surface area contributed by atoms with Crippen LogP contribution in [0.2, 0.25) is 0 Å². The first kappa shape index (κ1) is 14.0. The van der Waals surface area contributed by atoms with Gasteiger partial charge in [-0.25, -0.2) is 0 Å². The summed E-state index contributed by atoms with van der Waals surface area (Å²) in [5.41, 5.74) is 1.22. The van der Waals surface area contributed by atoms with Crippen LogP contribution in [-0.2, 0) is 11.3 Å². The van der Waals surface area contributed by atoms with Gasteiger partial charge in [0.05, 0.1) is 13.2 Å². The van der Waals surface area contributed by atoms with Crippen molar-refractivity contribution < 1.29 is 4.74 Å². The summed E-state index contributed by atoms with van der Waals surface area (Å²) in [5.74, 6) is 0. The number of piperazine rings is 1. The number of ether oxygens (including phenoxy) is 1. The number of rotatable bonds is 5. The summed E-state index contributed by atoms with van der Waals surface area (Å²) in [4.78, 5) is 4.85. The van der Waals surface area contributed by atoms with E-state index in [0.29, 0.717) is 6.61 Å². The van der Waals surface area contributed by atoms with Crippen LogP contribution < -0.4 is 0 Å². The maximum atomic E-state index is 5.74. The second-order valence-corrected chi connectivity index (χ2v) is 5.64. The van der Waals surface area contributed by atoms with Crippen molar-refractivity contribution in [2.24, 2.45) is 0 Å². The van der Waals surface area contributed by atoms with Crippen molar-refractivity contribution in [1.82, 2.24) is 9.80 Å². The average Bonchev–Trinajstić information content (AvgIpc) is 2.39. The van der Waals surface area contributed by atoms with Gasteiger partial charge in [-0.1, -0.05) is 34.1 Å². The van der Waals surface area contributed by atoms with E-state index in [1.807, 2.05) is 12.1 Å². The molecular formula is C14H21BrN2O. The predicted octanol–water partition coefficient (Wildman–Crippen LogP) is 2.21. The van der Waals surface area contributed by atoms with Gasteiger partial charge in [-0.05, 0) is 18.7 Å². The number of hydrogen-bond donors (Lipinski definition) is 0. The Morgan fingerprint density at radius 3 is 2.61 bits per heavy atom. The van der Waals surface area contributed by atoms with Gasteiger partial charge in [0.15, 0.2) is 0 Å². The first-order valence-electron chi connectivity index (χ1n) is 6.48. The summed E-state index contributed by atoms with van der Waals surface area (Å²) >= 11 is 3.54. The van der Waals surface area contributed by atoms with E-state index >= 15 is 0 Å². The molecule has 0 bridgehead atoms. The summed E-state index contributed by atoms with van der Waals surface area (Å²) in [6, 6.07) is 8.22. The molecule has 2 rings (SSSR count). The molecule has 0 spiro atoms. The highest BCUT2D eigenvalue weighted by Gasteiger charge is 2.12. The topological polar surface area (TPSA) is 15.7 Å². The zero-order valence-corrected chi connectivity index (χ0v) is 12.5. The summed E-state index contributed by atoms with van der Waals surface area (Å²) in [5, 5.41) is 0. The minimum atomic E-state index is 0.690. The van der Waals surface area contributed by atoms with Gasteiger partial charge >= 0.3 is 0 Å². The van der Waals surface area contributed by atoms with Gasteiger partial charge in [0.2, 0.25) is 0 Å². The van der Waals surface area contributed by atoms with Crippen molar-refractivity contribution >= 4 is 15.9 Å². The Balaban J connectivity index is 1.63. The Hall–Kier alpha value is -0.420. The van der Waals surface area contributed by atoms with Gasteiger partial charge in [-0.3, -0.25) is 4.90 Å². The zero-order chi connectivity index (χ0) is 12.8. The molecule has 0 saturated carbocycles. The third-order valence-corrected chi connectivity index (χ3v) is 4.14. The molecule has 0 aliphatic carbocycles. The molecule has 0 unspecified atom stereocenters. The lowest BCUT2D eigenvalue weighted by Gasteiger charge is -2.32. The molecule has 0 N–H and O–H groups in total. The Bertz CT molecular complexity index is 365. The number of halogens is 1. The first-order valence-corrected chi connectivity index (χ1v) is 7.27. The molecule has 1 aromatic carbocycles. The SMILES string of the molecule is CN1CCN(CCOCc2ccccc2Br)CC1. The highest BCUT2D eigenvalue weighted by molar-refractivity contribution is 9.10. The predicted molar refractivity (Wildman–Crippen MR) is 77.7 cm³/mol. The van der Waals surface area contributed by atoms with Crippen molar-refractivity contribution in [2.45, 2.75) is 6.61 Å². The van der Waals surface area contributed by atoms with Crippen LogP contribution in [0.15, 0.2) is 28.7 Å². The maximum absolute atomic E-state index is 5.74. The zero-order valence-electron chi connectivity index (χ0n) is 10.9. The lowest BCUT2D eigenvalue weighted by molar-refractivity contribution is 0.0736. The molecule has 0 atom stereocenters. The maximum Gasteiger partial charge on any atom is 0.0728 e. The Morgan fingerprint density at radius 1 is 1.17 bits per heavy atom. The molecule has 1 fully saturated rings. The third kappa shape index (κ3) is 4.35. The minimum absolute atomic E-state index is 0.690. The van der Waals surface area contributed by atoms with Crippen molar-refractivity contribution in [1.29, 1.82) is 0 Å². The quantitative estimate of drug-likeness (QED) is 0.775. The van der Waals surface area contributed by atoms with Gasteiger partial charge in [0.1, 0.15) is 0 Å². The Labute approximate surface area is 118 Å². The van der Waals surface area contributed by atoms with Crippen molar-refractivity contribution in [3.8, 4) is 0 Å². The molecule has 1 aliphatic rings. The average molecular weight is 313 g/mol. The Morgan fingerprint density at radius 2 is 1.89 bits per heavy atom. The van der Waals surface area contributed by atoms with E-state index in [9.17, 15) is 0 Å². The smallest absolute Gasteiger partial charge is 0.0728 e. The van der Waals surface area contributed by atoms with E-state index in [1.54, 1.807) is 0 Å². The second kappa shape index (κ2) is 7.24. The van der Waals surface area contributed by atoms with Crippen LogP contribution in [0.1, 0.15) is 5.56 Å². The summed E-state index contributed by atoms with van der Waals surface area (Å²) in [6.07, 6.45) is 0. The van der Waals surface area contributed by atoms with Gasteiger partial charge in [0.25, 0.3) is 0 Å². The highest BCUT2D eigenvalue weighted by atomic mass is 79.9. The molecule has 100 valence electrons. The molecule has 0 aromatic heterocycles. The van der Waals surface area contributed by atoms with E-state index in [0.717, 1.165) is 30.7 Å². The normalized spacial score (nSPS) is 18.1. The van der Waals surface area contributed by atoms with Crippen LogP contribution >= 0.6 is 15.9 Å². The monoisotopic (exact) mass is 312 g/mol.